The molecule has 0 spiro atoms. The number of halogens is 1. The molecule has 0 aromatic heterocycles. The van der Waals surface area contributed by atoms with Crippen LogP contribution in [0.25, 0.3) is 0 Å². The molecule has 0 N–H and O–H groups in total. The zero-order valence-corrected chi connectivity index (χ0v) is 18.8. The fourth-order valence-electron chi connectivity index (χ4n) is 3.78. The summed E-state index contributed by atoms with van der Waals surface area (Å²) >= 11 is 2.25. The van der Waals surface area contributed by atoms with E-state index >= 15 is 0 Å². The van der Waals surface area contributed by atoms with Gasteiger partial charge in [-0.25, -0.2) is 14.5 Å². The van der Waals surface area contributed by atoms with Gasteiger partial charge >= 0.3 is 12.1 Å². The van der Waals surface area contributed by atoms with E-state index in [0.29, 0.717) is 11.0 Å². The summed E-state index contributed by atoms with van der Waals surface area (Å²) in [6, 6.07) is 19.9. The van der Waals surface area contributed by atoms with Crippen molar-refractivity contribution in [1.29, 1.82) is 0 Å². The Morgan fingerprint density at radius 2 is 1.66 bits per heavy atom. The van der Waals surface area contributed by atoms with Crippen molar-refractivity contribution in [2.24, 2.45) is 0 Å². The number of amides is 3. The van der Waals surface area contributed by atoms with Crippen LogP contribution in [0, 0.1) is 0 Å². The van der Waals surface area contributed by atoms with Crippen LogP contribution < -0.4 is 0 Å². The largest absolute Gasteiger partial charge is 0.449 e. The summed E-state index contributed by atoms with van der Waals surface area (Å²) in [5.74, 6) is 0. The first-order chi connectivity index (χ1) is 14.1. The summed E-state index contributed by atoms with van der Waals surface area (Å²) in [5.41, 5.74) is 2.32. The van der Waals surface area contributed by atoms with Gasteiger partial charge in [-0.1, -0.05) is 83.3 Å². The third kappa shape index (κ3) is 5.50. The Balaban J connectivity index is 1.83. The van der Waals surface area contributed by atoms with Crippen molar-refractivity contribution in [3.63, 3.8) is 0 Å². The van der Waals surface area contributed by atoms with Gasteiger partial charge in [-0.15, -0.1) is 0 Å². The first-order valence-corrected chi connectivity index (χ1v) is 11.6. The molecule has 0 saturated carbocycles. The van der Waals surface area contributed by atoms with Crippen molar-refractivity contribution in [3.05, 3.63) is 71.8 Å². The topological polar surface area (TPSA) is 49.9 Å². The Morgan fingerprint density at radius 1 is 1.03 bits per heavy atom. The van der Waals surface area contributed by atoms with Crippen molar-refractivity contribution in [3.8, 4) is 0 Å². The molecule has 29 heavy (non-hydrogen) atoms. The van der Waals surface area contributed by atoms with Crippen LogP contribution in [0.1, 0.15) is 30.9 Å². The predicted molar refractivity (Wildman–Crippen MR) is 122 cm³/mol. The van der Waals surface area contributed by atoms with Gasteiger partial charge in [0.2, 0.25) is 0 Å². The number of nitrogens with zero attached hydrogens (tertiary/aromatic N) is 2. The zero-order valence-electron chi connectivity index (χ0n) is 16.7. The fraction of sp³-hybridized carbons (Fsp3) is 0.391. The molecule has 2 aromatic carbocycles. The Hall–Kier alpha value is -2.09. The number of hydrogen-bond donors (Lipinski definition) is 0. The summed E-state index contributed by atoms with van der Waals surface area (Å²) < 4.78 is 5.88. The number of aryl methyl sites for hydroxylation is 1. The fourth-order valence-corrected chi connectivity index (χ4v) is 4.53. The predicted octanol–water partition coefficient (Wildman–Crippen LogP) is 5.28. The van der Waals surface area contributed by atoms with Gasteiger partial charge < -0.3 is 9.64 Å². The van der Waals surface area contributed by atoms with E-state index < -0.39 is 6.09 Å². The summed E-state index contributed by atoms with van der Waals surface area (Å²) in [6.45, 7) is 2.51. The average Bonchev–Trinajstić information content (AvgIpc) is 2.75. The van der Waals surface area contributed by atoms with Gasteiger partial charge in [0.25, 0.3) is 0 Å². The third-order valence-electron chi connectivity index (χ3n) is 5.25. The van der Waals surface area contributed by atoms with Crippen molar-refractivity contribution in [1.82, 2.24) is 9.80 Å². The molecule has 2 atom stereocenters. The van der Waals surface area contributed by atoms with E-state index in [-0.39, 0.29) is 24.7 Å². The molecule has 3 rings (SSSR count). The van der Waals surface area contributed by atoms with Crippen LogP contribution in [0.2, 0.25) is 0 Å². The highest BCUT2D eigenvalue weighted by atomic mass is 127. The van der Waals surface area contributed by atoms with Gasteiger partial charge in [-0.05, 0) is 37.3 Å². The second-order valence-electron chi connectivity index (χ2n) is 7.19. The van der Waals surface area contributed by atoms with Crippen molar-refractivity contribution >= 4 is 34.7 Å². The number of carbonyl (C=O) groups is 2. The lowest BCUT2D eigenvalue weighted by atomic mass is 9.95. The van der Waals surface area contributed by atoms with Gasteiger partial charge in [-0.2, -0.15) is 0 Å². The molecule has 1 saturated heterocycles. The van der Waals surface area contributed by atoms with Crippen LogP contribution in [0.5, 0.6) is 0 Å². The van der Waals surface area contributed by atoms with E-state index in [2.05, 4.69) is 34.7 Å². The lowest BCUT2D eigenvalue weighted by molar-refractivity contribution is 0.0514. The highest BCUT2D eigenvalue weighted by Crippen LogP contribution is 2.29. The van der Waals surface area contributed by atoms with Crippen molar-refractivity contribution in [2.45, 2.75) is 44.8 Å². The summed E-state index contributed by atoms with van der Waals surface area (Å²) in [7, 11) is 0. The maximum atomic E-state index is 13.4. The van der Waals surface area contributed by atoms with Gasteiger partial charge in [0.15, 0.2) is 0 Å². The molecular weight excluding hydrogens is 479 g/mol. The van der Waals surface area contributed by atoms with E-state index in [1.54, 1.807) is 6.92 Å². The highest BCUT2D eigenvalue weighted by molar-refractivity contribution is 14.1. The number of hydrogen-bond acceptors (Lipinski definition) is 3. The Kier molecular flexibility index (Phi) is 7.91. The molecule has 1 heterocycles. The summed E-state index contributed by atoms with van der Waals surface area (Å²) in [4.78, 5) is 29.1. The zero-order chi connectivity index (χ0) is 20.6. The Morgan fingerprint density at radius 3 is 2.24 bits per heavy atom. The number of rotatable bonds is 7. The van der Waals surface area contributed by atoms with E-state index in [0.717, 1.165) is 24.8 Å². The second kappa shape index (κ2) is 10.6. The number of alkyl halides is 1. The third-order valence-corrected chi connectivity index (χ3v) is 6.27. The minimum Gasteiger partial charge on any atom is -0.449 e. The molecule has 6 heteroatoms. The molecular formula is C23H27IN2O3. The number of imide groups is 1. The lowest BCUT2D eigenvalue weighted by Crippen LogP contribution is -2.60. The quantitative estimate of drug-likeness (QED) is 0.380. The maximum Gasteiger partial charge on any atom is 0.418 e. The Labute approximate surface area is 186 Å². The summed E-state index contributed by atoms with van der Waals surface area (Å²) in [5, 5.41) is 0. The van der Waals surface area contributed by atoms with Crippen LogP contribution in [0.4, 0.5) is 9.59 Å². The van der Waals surface area contributed by atoms with E-state index in [1.807, 2.05) is 53.4 Å². The number of benzene rings is 2. The Bertz CT molecular complexity index is 800. The number of ether oxygens (including phenoxy) is 1. The number of urea groups is 1. The normalized spacial score (nSPS) is 19.3. The van der Waals surface area contributed by atoms with Crippen LogP contribution in [0.3, 0.4) is 0 Å². The van der Waals surface area contributed by atoms with E-state index in [9.17, 15) is 9.59 Å². The molecule has 0 bridgehead atoms. The highest BCUT2D eigenvalue weighted by Gasteiger charge is 2.42. The van der Waals surface area contributed by atoms with Crippen LogP contribution in [0.15, 0.2) is 60.7 Å². The monoisotopic (exact) mass is 506 g/mol. The summed E-state index contributed by atoms with van der Waals surface area (Å²) in [6.07, 6.45) is 1.98. The molecule has 0 radical (unpaired) electrons. The molecule has 154 valence electrons. The van der Waals surface area contributed by atoms with Crippen LogP contribution >= 0.6 is 22.6 Å². The smallest absolute Gasteiger partial charge is 0.418 e. The van der Waals surface area contributed by atoms with Gasteiger partial charge in [-0.3, -0.25) is 0 Å². The van der Waals surface area contributed by atoms with Gasteiger partial charge in [0, 0.05) is 17.0 Å². The first-order valence-electron chi connectivity index (χ1n) is 10.0. The van der Waals surface area contributed by atoms with Gasteiger partial charge in [0.1, 0.15) is 0 Å². The van der Waals surface area contributed by atoms with Crippen molar-refractivity contribution < 1.29 is 14.3 Å². The maximum absolute atomic E-state index is 13.4. The molecule has 0 aliphatic carbocycles. The standard InChI is InChI=1S/C23H27IN2O3/c1-2-29-23(28)26-21(16-24)15-20(14-13-18-9-5-3-6-10-18)25(22(26)27)17-19-11-7-4-8-12-19/h3-12,20-21H,2,13-17H2,1H3/t20-,21+/m1/s1. The SMILES string of the molecule is CCOC(=O)N1C(=O)N(Cc2ccccc2)[C@H](CCc2ccccc2)C[C@H]1CI. The van der Waals surface area contributed by atoms with Crippen LogP contribution in [-0.2, 0) is 17.7 Å². The minimum absolute atomic E-state index is 0.0772. The lowest BCUT2D eigenvalue weighted by Gasteiger charge is -2.44. The van der Waals surface area contributed by atoms with Crippen LogP contribution in [-0.4, -0.2) is 45.0 Å². The first kappa shape index (κ1) is 21.6. The molecule has 3 amide bonds. The molecule has 1 aliphatic heterocycles. The van der Waals surface area contributed by atoms with Crippen molar-refractivity contribution in [2.75, 3.05) is 11.0 Å². The average molecular weight is 506 g/mol. The van der Waals surface area contributed by atoms with E-state index in [4.69, 9.17) is 4.74 Å². The molecule has 2 aromatic rings. The van der Waals surface area contributed by atoms with E-state index in [1.165, 1.54) is 10.5 Å². The molecule has 0 unspecified atom stereocenters. The second-order valence-corrected chi connectivity index (χ2v) is 8.07. The molecule has 1 aliphatic rings. The molecule has 1 fully saturated rings. The van der Waals surface area contributed by atoms with Gasteiger partial charge in [0.05, 0.1) is 12.6 Å². The number of carbonyl (C=O) groups excluding carboxylic acids is 2. The minimum atomic E-state index is -0.543. The molecule has 5 nitrogen and oxygen atoms in total.